The molecule has 0 bridgehead atoms. The van der Waals surface area contributed by atoms with Gasteiger partial charge in [0.2, 0.25) is 0 Å². The number of phenolic OH excluding ortho intramolecular Hbond substituents is 4. The smallest absolute Gasteiger partial charge is 0.161 e. The van der Waals surface area contributed by atoms with Gasteiger partial charge >= 0.3 is 0 Å². The van der Waals surface area contributed by atoms with Gasteiger partial charge in [-0.05, 0) is 81.1 Å². The van der Waals surface area contributed by atoms with E-state index in [0.29, 0.717) is 0 Å². The molecule has 0 spiro atoms. The predicted octanol–water partition coefficient (Wildman–Crippen LogP) is 3.40. The normalized spacial score (nSPS) is 15.1. The molecule has 0 saturated heterocycles. The Labute approximate surface area is 172 Å². The highest BCUT2D eigenvalue weighted by molar-refractivity contribution is 5.58. The Kier molecular flexibility index (Phi) is 7.23. The molecule has 0 radical (unpaired) electrons. The van der Waals surface area contributed by atoms with Gasteiger partial charge in [0.1, 0.15) is 0 Å². The van der Waals surface area contributed by atoms with Crippen LogP contribution in [0.1, 0.15) is 54.0 Å². The van der Waals surface area contributed by atoms with Gasteiger partial charge in [-0.3, -0.25) is 0 Å². The Morgan fingerprint density at radius 2 is 1.62 bits per heavy atom. The fourth-order valence-corrected chi connectivity index (χ4v) is 3.83. The molecule has 1 aliphatic carbocycles. The molecular weight excluding hydrogens is 368 g/mol. The van der Waals surface area contributed by atoms with Crippen molar-refractivity contribution in [1.82, 2.24) is 10.6 Å². The van der Waals surface area contributed by atoms with Crippen molar-refractivity contribution in [3.8, 4) is 23.0 Å². The molecule has 6 nitrogen and oxygen atoms in total. The average molecular weight is 401 g/mol. The maximum atomic E-state index is 9.95. The third-order valence-electron chi connectivity index (χ3n) is 5.69. The summed E-state index contributed by atoms with van der Waals surface area (Å²) < 4.78 is 0. The van der Waals surface area contributed by atoms with Crippen molar-refractivity contribution in [2.24, 2.45) is 0 Å². The van der Waals surface area contributed by atoms with Crippen molar-refractivity contribution in [3.05, 3.63) is 46.5 Å². The first-order valence-electron chi connectivity index (χ1n) is 10.5. The van der Waals surface area contributed by atoms with Gasteiger partial charge in [0.25, 0.3) is 0 Å². The van der Waals surface area contributed by atoms with E-state index >= 15 is 0 Å². The van der Waals surface area contributed by atoms with Gasteiger partial charge in [0.15, 0.2) is 23.0 Å². The van der Waals surface area contributed by atoms with Gasteiger partial charge in [-0.2, -0.15) is 0 Å². The molecule has 2 aromatic rings. The zero-order valence-corrected chi connectivity index (χ0v) is 17.0. The maximum Gasteiger partial charge on any atom is 0.161 e. The number of phenols is 4. The first-order chi connectivity index (χ1) is 14.0. The summed E-state index contributed by atoms with van der Waals surface area (Å²) in [6.45, 7) is 4.61. The van der Waals surface area contributed by atoms with E-state index in [4.69, 9.17) is 0 Å². The summed E-state index contributed by atoms with van der Waals surface area (Å²) in [5.74, 6) is -0.0818. The van der Waals surface area contributed by atoms with Crippen molar-refractivity contribution in [1.29, 1.82) is 0 Å². The highest BCUT2D eigenvalue weighted by Crippen LogP contribution is 2.45. The number of rotatable bonds is 11. The lowest BCUT2D eigenvalue weighted by Crippen LogP contribution is -2.32. The number of hydrogen-bond acceptors (Lipinski definition) is 6. The van der Waals surface area contributed by atoms with Crippen LogP contribution in [0.25, 0.3) is 0 Å². The lowest BCUT2D eigenvalue weighted by Gasteiger charge is -2.32. The second-order valence-corrected chi connectivity index (χ2v) is 7.91. The standard InChI is InChI=1S/C23H32N2O4/c1-15-12-17-18(23(29)22(15)28)14-19(17)25-10-5-3-2-4-9-24-11-8-16-6-7-20(26)21(27)13-16/h6-7,12-13,19,24-29H,2-5,8-11,14H2,1H3. The molecule has 29 heavy (non-hydrogen) atoms. The van der Waals surface area contributed by atoms with Crippen molar-refractivity contribution in [2.45, 2.75) is 51.5 Å². The molecule has 6 heteroatoms. The van der Waals surface area contributed by atoms with E-state index in [-0.39, 0.29) is 29.0 Å². The zero-order valence-electron chi connectivity index (χ0n) is 17.0. The van der Waals surface area contributed by atoms with E-state index < -0.39 is 0 Å². The summed E-state index contributed by atoms with van der Waals surface area (Å²) in [5.41, 5.74) is 3.72. The number of aromatic hydroxyl groups is 4. The number of hydrogen-bond donors (Lipinski definition) is 6. The SMILES string of the molecule is Cc1cc2c(c(O)c1O)CC2NCCCCCCNCCc1ccc(O)c(O)c1. The third-order valence-corrected chi connectivity index (χ3v) is 5.69. The van der Waals surface area contributed by atoms with Gasteiger partial charge in [0, 0.05) is 11.6 Å². The van der Waals surface area contributed by atoms with Gasteiger partial charge < -0.3 is 31.1 Å². The van der Waals surface area contributed by atoms with Crippen molar-refractivity contribution >= 4 is 0 Å². The van der Waals surface area contributed by atoms with Gasteiger partial charge in [0.05, 0.1) is 0 Å². The van der Waals surface area contributed by atoms with E-state index in [1.165, 1.54) is 18.9 Å². The van der Waals surface area contributed by atoms with E-state index in [9.17, 15) is 20.4 Å². The van der Waals surface area contributed by atoms with E-state index in [2.05, 4.69) is 10.6 Å². The molecule has 1 aliphatic rings. The minimum atomic E-state index is -0.0784. The second kappa shape index (κ2) is 9.85. The minimum absolute atomic E-state index is 0.0111. The molecule has 0 heterocycles. The molecule has 3 rings (SSSR count). The molecule has 1 atom stereocenters. The highest BCUT2D eigenvalue weighted by Gasteiger charge is 2.30. The van der Waals surface area contributed by atoms with E-state index in [1.807, 2.05) is 19.1 Å². The van der Waals surface area contributed by atoms with Crippen LogP contribution in [0.5, 0.6) is 23.0 Å². The van der Waals surface area contributed by atoms with Crippen LogP contribution >= 0.6 is 0 Å². The summed E-state index contributed by atoms with van der Waals surface area (Å²) in [5, 5.41) is 45.5. The number of unbranched alkanes of at least 4 members (excludes halogenated alkanes) is 3. The largest absolute Gasteiger partial charge is 0.504 e. The summed E-state index contributed by atoms with van der Waals surface area (Å²) in [7, 11) is 0. The Morgan fingerprint density at radius 1 is 0.862 bits per heavy atom. The number of nitrogens with one attached hydrogen (secondary N) is 2. The van der Waals surface area contributed by atoms with Crippen LogP contribution < -0.4 is 10.6 Å². The van der Waals surface area contributed by atoms with Crippen molar-refractivity contribution in [2.75, 3.05) is 19.6 Å². The molecule has 1 unspecified atom stereocenters. The number of fused-ring (bicyclic) bond motifs is 1. The average Bonchev–Trinajstić information content (AvgIpc) is 2.69. The summed E-state index contributed by atoms with van der Waals surface area (Å²) >= 11 is 0. The van der Waals surface area contributed by atoms with Crippen LogP contribution in [0.3, 0.4) is 0 Å². The molecule has 0 saturated carbocycles. The summed E-state index contributed by atoms with van der Waals surface area (Å²) in [6, 6.07) is 7.22. The quantitative estimate of drug-likeness (QED) is 0.255. The van der Waals surface area contributed by atoms with Gasteiger partial charge in [-0.25, -0.2) is 0 Å². The van der Waals surface area contributed by atoms with Crippen LogP contribution in [-0.4, -0.2) is 40.1 Å². The Hall–Kier alpha value is -2.44. The third kappa shape index (κ3) is 5.34. The maximum absolute atomic E-state index is 9.95. The predicted molar refractivity (Wildman–Crippen MR) is 114 cm³/mol. The minimum Gasteiger partial charge on any atom is -0.504 e. The monoisotopic (exact) mass is 400 g/mol. The fraction of sp³-hybridized carbons (Fsp3) is 0.478. The van der Waals surface area contributed by atoms with E-state index in [0.717, 1.165) is 67.6 Å². The highest BCUT2D eigenvalue weighted by atomic mass is 16.3. The summed E-state index contributed by atoms with van der Waals surface area (Å²) in [6.07, 6.45) is 6.23. The van der Waals surface area contributed by atoms with Gasteiger partial charge in [-0.15, -0.1) is 0 Å². The first kappa shape index (κ1) is 21.3. The molecule has 0 aliphatic heterocycles. The fourth-order valence-electron chi connectivity index (χ4n) is 3.83. The van der Waals surface area contributed by atoms with Crippen LogP contribution in [0, 0.1) is 6.92 Å². The molecule has 0 aromatic heterocycles. The molecule has 2 aromatic carbocycles. The Bertz CT molecular complexity index is 838. The van der Waals surface area contributed by atoms with Crippen LogP contribution in [0.15, 0.2) is 24.3 Å². The van der Waals surface area contributed by atoms with Crippen LogP contribution in [0.2, 0.25) is 0 Å². The second-order valence-electron chi connectivity index (χ2n) is 7.91. The number of aryl methyl sites for hydroxylation is 1. The number of benzene rings is 2. The topological polar surface area (TPSA) is 105 Å². The van der Waals surface area contributed by atoms with Crippen LogP contribution in [-0.2, 0) is 12.8 Å². The van der Waals surface area contributed by atoms with Crippen molar-refractivity contribution in [3.63, 3.8) is 0 Å². The zero-order chi connectivity index (χ0) is 20.8. The van der Waals surface area contributed by atoms with Crippen LogP contribution in [0.4, 0.5) is 0 Å². The molecular formula is C23H32N2O4. The van der Waals surface area contributed by atoms with Crippen molar-refractivity contribution < 1.29 is 20.4 Å². The van der Waals surface area contributed by atoms with Gasteiger partial charge in [-0.1, -0.05) is 25.0 Å². The first-order valence-corrected chi connectivity index (χ1v) is 10.5. The molecule has 0 amide bonds. The lowest BCUT2D eigenvalue weighted by molar-refractivity contribution is 0.378. The van der Waals surface area contributed by atoms with E-state index in [1.54, 1.807) is 6.07 Å². The molecule has 158 valence electrons. The lowest BCUT2D eigenvalue weighted by atomic mass is 9.81. The Balaban J connectivity index is 1.20. The Morgan fingerprint density at radius 3 is 2.38 bits per heavy atom. The summed E-state index contributed by atoms with van der Waals surface area (Å²) in [4.78, 5) is 0. The molecule has 0 fully saturated rings. The molecule has 6 N–H and O–H groups in total.